The van der Waals surface area contributed by atoms with Gasteiger partial charge in [-0.1, -0.05) is 30.1 Å². The summed E-state index contributed by atoms with van der Waals surface area (Å²) in [7, 11) is 0. The van der Waals surface area contributed by atoms with Crippen LogP contribution in [0, 0.1) is 5.92 Å². The third-order valence-corrected chi connectivity index (χ3v) is 6.85. The van der Waals surface area contributed by atoms with Gasteiger partial charge in [-0.3, -0.25) is 9.89 Å². The van der Waals surface area contributed by atoms with Crippen LogP contribution in [-0.4, -0.2) is 71.8 Å². The van der Waals surface area contributed by atoms with Gasteiger partial charge in [0.25, 0.3) is 0 Å². The van der Waals surface area contributed by atoms with Gasteiger partial charge >= 0.3 is 6.18 Å². The molecule has 0 bridgehead atoms. The van der Waals surface area contributed by atoms with Crippen molar-refractivity contribution in [3.63, 3.8) is 0 Å². The Morgan fingerprint density at radius 2 is 1.97 bits per heavy atom. The molecule has 2 unspecified atom stereocenters. The molecule has 33 heavy (non-hydrogen) atoms. The second-order valence-corrected chi connectivity index (χ2v) is 8.91. The van der Waals surface area contributed by atoms with E-state index in [1.54, 1.807) is 6.07 Å². The first-order valence-electron chi connectivity index (χ1n) is 11.6. The van der Waals surface area contributed by atoms with Crippen LogP contribution in [0.25, 0.3) is 10.9 Å². The molecule has 2 fully saturated rings. The minimum Gasteiger partial charge on any atom is -0.494 e. The molecule has 2 aromatic rings. The zero-order chi connectivity index (χ0) is 23.0. The number of hydrogen-bond acceptors (Lipinski definition) is 6. The number of alkyl halides is 3. The number of nitrogens with zero attached hydrogens (tertiary/aromatic N) is 3. The summed E-state index contributed by atoms with van der Waals surface area (Å²) in [5, 5.41) is 18.7. The topological polar surface area (TPSA) is 85.2 Å². The molecular formula is C23H28F3N5O2. The number of H-pyrrole nitrogens is 1. The maximum atomic E-state index is 13.5. The number of piperazine rings is 1. The molecule has 1 saturated carbocycles. The third-order valence-electron chi connectivity index (χ3n) is 6.85. The summed E-state index contributed by atoms with van der Waals surface area (Å²) in [5.74, 6) is -0.268. The lowest BCUT2D eigenvalue weighted by Gasteiger charge is -2.26. The number of fused-ring (bicyclic) bond motifs is 2. The molecule has 2 aliphatic heterocycles. The van der Waals surface area contributed by atoms with Gasteiger partial charge in [-0.2, -0.15) is 13.2 Å². The molecule has 3 aliphatic rings. The van der Waals surface area contributed by atoms with Gasteiger partial charge < -0.3 is 20.2 Å². The van der Waals surface area contributed by atoms with Crippen molar-refractivity contribution < 1.29 is 23.1 Å². The number of nitrogens with one attached hydrogen (secondary N) is 2. The highest BCUT2D eigenvalue weighted by atomic mass is 19.4. The highest BCUT2D eigenvalue weighted by molar-refractivity contribution is 6.52. The maximum Gasteiger partial charge on any atom is 0.418 e. The largest absolute Gasteiger partial charge is 0.494 e. The van der Waals surface area contributed by atoms with Crippen molar-refractivity contribution in [2.75, 3.05) is 39.3 Å². The van der Waals surface area contributed by atoms with Crippen LogP contribution in [0.15, 0.2) is 28.3 Å². The molecule has 0 radical (unpaired) electrons. The first-order chi connectivity index (χ1) is 15.9. The predicted octanol–water partition coefficient (Wildman–Crippen LogP) is 3.53. The number of aromatic nitrogens is 1. The number of benzene rings is 1. The SMILES string of the molecule is Oc1[nH]c2c(C(F)(F)F)cccc2c1C1=NC2CCCCC2/C1=N\OCCN1CCNCC1. The van der Waals surface area contributed by atoms with E-state index < -0.39 is 11.7 Å². The van der Waals surface area contributed by atoms with Crippen LogP contribution in [0.2, 0.25) is 0 Å². The zero-order valence-corrected chi connectivity index (χ0v) is 18.3. The monoisotopic (exact) mass is 463 g/mol. The second-order valence-electron chi connectivity index (χ2n) is 8.91. The summed E-state index contributed by atoms with van der Waals surface area (Å²) < 4.78 is 40.6. The van der Waals surface area contributed by atoms with Gasteiger partial charge in [0.05, 0.1) is 28.4 Å². The predicted molar refractivity (Wildman–Crippen MR) is 120 cm³/mol. The lowest BCUT2D eigenvalue weighted by atomic mass is 9.82. The summed E-state index contributed by atoms with van der Waals surface area (Å²) in [6.07, 6.45) is -0.655. The van der Waals surface area contributed by atoms with Crippen molar-refractivity contribution in [1.29, 1.82) is 0 Å². The highest BCUT2D eigenvalue weighted by Crippen LogP contribution is 2.41. The van der Waals surface area contributed by atoms with Gasteiger partial charge in [0.2, 0.25) is 0 Å². The Morgan fingerprint density at radius 1 is 1.18 bits per heavy atom. The van der Waals surface area contributed by atoms with E-state index in [-0.39, 0.29) is 34.3 Å². The number of rotatable bonds is 5. The average Bonchev–Trinajstić information content (AvgIpc) is 3.32. The second kappa shape index (κ2) is 8.98. The van der Waals surface area contributed by atoms with Gasteiger partial charge in [0.15, 0.2) is 5.88 Å². The number of oxime groups is 1. The van der Waals surface area contributed by atoms with E-state index in [2.05, 4.69) is 20.4 Å². The number of aliphatic imine (C=N–C) groups is 1. The molecule has 1 aromatic carbocycles. The maximum absolute atomic E-state index is 13.5. The molecule has 0 spiro atoms. The molecule has 3 N–H and O–H groups in total. The van der Waals surface area contributed by atoms with E-state index in [4.69, 9.17) is 9.83 Å². The van der Waals surface area contributed by atoms with Crippen LogP contribution < -0.4 is 5.32 Å². The number of halogens is 3. The van der Waals surface area contributed by atoms with Gasteiger partial charge in [0, 0.05) is 44.0 Å². The summed E-state index contributed by atoms with van der Waals surface area (Å²) in [4.78, 5) is 15.4. The van der Waals surface area contributed by atoms with Crippen LogP contribution in [0.4, 0.5) is 13.2 Å². The quantitative estimate of drug-likeness (QED) is 0.468. The molecule has 1 aliphatic carbocycles. The normalized spacial score (nSPS) is 25.4. The Morgan fingerprint density at radius 3 is 2.76 bits per heavy atom. The fourth-order valence-corrected chi connectivity index (χ4v) is 5.20. The molecule has 1 saturated heterocycles. The Hall–Kier alpha value is -2.59. The van der Waals surface area contributed by atoms with E-state index in [1.165, 1.54) is 6.07 Å². The van der Waals surface area contributed by atoms with Crippen LogP contribution in [0.1, 0.15) is 36.8 Å². The summed E-state index contributed by atoms with van der Waals surface area (Å²) in [6.45, 7) is 5.01. The van der Waals surface area contributed by atoms with Crippen molar-refractivity contribution in [1.82, 2.24) is 15.2 Å². The Labute approximate surface area is 189 Å². The molecule has 2 atom stereocenters. The smallest absolute Gasteiger partial charge is 0.418 e. The van der Waals surface area contributed by atoms with Crippen molar-refractivity contribution in [3.05, 3.63) is 29.3 Å². The first-order valence-corrected chi connectivity index (χ1v) is 11.6. The Balaban J connectivity index is 1.46. The standard InChI is InChI=1S/C23H28F3N5O2/c24-23(25,26)16-6-3-5-15-18(22(32)29-19(15)16)21-20(14-4-1-2-7-17(14)28-21)30-33-13-12-31-10-8-27-9-11-31/h3,5-6,14,17,27,29,32H,1-2,4,7-13H2/b30-20+. The van der Waals surface area contributed by atoms with E-state index >= 15 is 0 Å². The van der Waals surface area contributed by atoms with Gasteiger partial charge in [-0.25, -0.2) is 0 Å². The first kappa shape index (κ1) is 22.2. The van der Waals surface area contributed by atoms with Crippen LogP contribution in [-0.2, 0) is 11.0 Å². The molecule has 3 heterocycles. The van der Waals surface area contributed by atoms with E-state index in [0.717, 1.165) is 64.5 Å². The van der Waals surface area contributed by atoms with E-state index in [1.807, 2.05) is 0 Å². The van der Waals surface area contributed by atoms with Gasteiger partial charge in [0.1, 0.15) is 12.3 Å². The third kappa shape index (κ3) is 4.33. The fraction of sp³-hybridized carbons (Fsp3) is 0.565. The van der Waals surface area contributed by atoms with E-state index in [0.29, 0.717) is 18.0 Å². The molecule has 178 valence electrons. The fourth-order valence-electron chi connectivity index (χ4n) is 5.20. The number of aromatic hydroxyl groups is 1. The minimum atomic E-state index is -4.54. The number of aromatic amines is 1. The van der Waals surface area contributed by atoms with Gasteiger partial charge in [-0.15, -0.1) is 0 Å². The van der Waals surface area contributed by atoms with Crippen LogP contribution in [0.5, 0.6) is 5.88 Å². The number of para-hydroxylation sites is 1. The Kier molecular flexibility index (Phi) is 6.05. The molecule has 10 heteroatoms. The van der Waals surface area contributed by atoms with Crippen LogP contribution in [0.3, 0.4) is 0 Å². The lowest BCUT2D eigenvalue weighted by molar-refractivity contribution is -0.136. The van der Waals surface area contributed by atoms with Crippen LogP contribution >= 0.6 is 0 Å². The molecule has 7 nitrogen and oxygen atoms in total. The van der Waals surface area contributed by atoms with Crippen molar-refractivity contribution in [3.8, 4) is 5.88 Å². The Bertz CT molecular complexity index is 1070. The summed E-state index contributed by atoms with van der Waals surface area (Å²) in [6, 6.07) is 3.95. The van der Waals surface area contributed by atoms with Crippen molar-refractivity contribution in [2.24, 2.45) is 16.1 Å². The average molecular weight is 464 g/mol. The summed E-state index contributed by atoms with van der Waals surface area (Å²) >= 11 is 0. The highest BCUT2D eigenvalue weighted by Gasteiger charge is 2.41. The lowest BCUT2D eigenvalue weighted by Crippen LogP contribution is -2.44. The molecule has 0 amide bonds. The van der Waals surface area contributed by atoms with Crippen molar-refractivity contribution >= 4 is 22.3 Å². The number of hydrogen-bond donors (Lipinski definition) is 3. The minimum absolute atomic E-state index is 0.0133. The molecule has 5 rings (SSSR count). The molecular weight excluding hydrogens is 435 g/mol. The van der Waals surface area contributed by atoms with E-state index in [9.17, 15) is 18.3 Å². The zero-order valence-electron chi connectivity index (χ0n) is 18.3. The molecule has 1 aromatic heterocycles. The van der Waals surface area contributed by atoms with Gasteiger partial charge in [-0.05, 0) is 18.9 Å². The van der Waals surface area contributed by atoms with Crippen molar-refractivity contribution in [2.45, 2.75) is 37.9 Å². The summed E-state index contributed by atoms with van der Waals surface area (Å²) in [5.41, 5.74) is 0.387.